The van der Waals surface area contributed by atoms with E-state index in [-0.39, 0.29) is 23.0 Å². The molecule has 1 N–H and O–H groups in total. The second kappa shape index (κ2) is 13.1. The van der Waals surface area contributed by atoms with Crippen LogP contribution in [0.4, 0.5) is 22.2 Å². The molecule has 1 aromatic carbocycles. The van der Waals surface area contributed by atoms with E-state index in [0.29, 0.717) is 53.1 Å². The molecular weight excluding hydrogens is 649 g/mol. The van der Waals surface area contributed by atoms with Crippen molar-refractivity contribution in [2.45, 2.75) is 116 Å². The Bertz CT molecular complexity index is 1830. The SMILES string of the molecule is CC(C)n1nc(C(=O)N(C)C2CC2)cc1Nc1nccc(-c2cc(C#N)c3c(c2)[C@@](C)(CO[Si](C)(C)C(C)(C)C)CN3C(=O)OC(C)(C)C)n1. The number of ether oxygens (including phenoxy) is 1. The number of nitriles is 1. The average Bonchev–Trinajstić information content (AvgIpc) is 3.72. The van der Waals surface area contributed by atoms with Crippen molar-refractivity contribution in [2.24, 2.45) is 0 Å². The van der Waals surface area contributed by atoms with Crippen molar-refractivity contribution in [1.29, 1.82) is 5.26 Å². The van der Waals surface area contributed by atoms with E-state index in [2.05, 4.69) is 62.3 Å². The molecule has 3 aromatic rings. The molecule has 5 rings (SSSR count). The van der Waals surface area contributed by atoms with Crippen LogP contribution in [-0.4, -0.2) is 76.8 Å². The molecule has 3 heterocycles. The van der Waals surface area contributed by atoms with Crippen molar-refractivity contribution in [3.8, 4) is 17.3 Å². The molecule has 1 fully saturated rings. The van der Waals surface area contributed by atoms with Gasteiger partial charge in [-0.1, -0.05) is 27.7 Å². The van der Waals surface area contributed by atoms with Crippen molar-refractivity contribution < 1.29 is 18.8 Å². The Hall–Kier alpha value is -4.28. The van der Waals surface area contributed by atoms with Gasteiger partial charge in [-0.15, -0.1) is 0 Å². The van der Waals surface area contributed by atoms with Crippen LogP contribution in [0, 0.1) is 11.3 Å². The Morgan fingerprint density at radius 1 is 1.16 bits per heavy atom. The van der Waals surface area contributed by atoms with Crippen LogP contribution < -0.4 is 10.2 Å². The molecule has 12 nitrogen and oxygen atoms in total. The highest BCUT2D eigenvalue weighted by Crippen LogP contribution is 2.47. The third-order valence-electron chi connectivity index (χ3n) is 9.88. The first kappa shape index (κ1) is 37.0. The van der Waals surface area contributed by atoms with Gasteiger partial charge < -0.3 is 19.4 Å². The summed E-state index contributed by atoms with van der Waals surface area (Å²) < 4.78 is 14.3. The molecule has 2 aliphatic rings. The van der Waals surface area contributed by atoms with Gasteiger partial charge in [0.2, 0.25) is 5.95 Å². The fraction of sp³-hybridized carbons (Fsp3) is 0.568. The fourth-order valence-electron chi connectivity index (χ4n) is 5.77. The Morgan fingerprint density at radius 3 is 2.42 bits per heavy atom. The van der Waals surface area contributed by atoms with Crippen LogP contribution in [0.5, 0.6) is 0 Å². The largest absolute Gasteiger partial charge is 0.443 e. The number of nitrogens with zero attached hydrogens (tertiary/aromatic N) is 7. The first-order valence-electron chi connectivity index (χ1n) is 17.3. The van der Waals surface area contributed by atoms with Gasteiger partial charge >= 0.3 is 6.09 Å². The standard InChI is InChI=1S/C37H52N8O4Si/c1-23(2)45-30(19-29(42-45)32(46)43(10)26-13-14-26)41-33-39-16-15-28(40-33)24-17-25(20-38)31-27(18-24)37(9,22-48-50(11,12)36(6,7)8)21-44(31)34(47)49-35(3,4)5/h15-19,23,26H,13-14,21-22H2,1-12H3,(H,39,40,41)/t37-/m1/s1. The number of aromatic nitrogens is 4. The Morgan fingerprint density at radius 2 is 1.84 bits per heavy atom. The number of carbonyl (C=O) groups is 2. The van der Waals surface area contributed by atoms with Gasteiger partial charge in [0.15, 0.2) is 14.0 Å². The Balaban J connectivity index is 1.53. The van der Waals surface area contributed by atoms with Crippen LogP contribution in [0.2, 0.25) is 18.1 Å². The molecule has 1 aliphatic carbocycles. The lowest BCUT2D eigenvalue weighted by Gasteiger charge is -2.39. The minimum absolute atomic E-state index is 0.00813. The van der Waals surface area contributed by atoms with Crippen molar-refractivity contribution in [2.75, 3.05) is 30.4 Å². The van der Waals surface area contributed by atoms with Gasteiger partial charge in [-0.3, -0.25) is 9.69 Å². The third-order valence-corrected chi connectivity index (χ3v) is 14.4. The summed E-state index contributed by atoms with van der Waals surface area (Å²) >= 11 is 0. The van der Waals surface area contributed by atoms with E-state index in [1.54, 1.807) is 38.9 Å². The summed E-state index contributed by atoms with van der Waals surface area (Å²) in [6.07, 6.45) is 3.17. The molecule has 13 heteroatoms. The summed E-state index contributed by atoms with van der Waals surface area (Å²) in [5.41, 5.74) is 2.01. The normalized spacial score (nSPS) is 17.8. The second-order valence-corrected chi connectivity index (χ2v) is 21.5. The number of benzene rings is 1. The van der Waals surface area contributed by atoms with Crippen LogP contribution in [0.25, 0.3) is 11.3 Å². The molecule has 0 bridgehead atoms. The van der Waals surface area contributed by atoms with E-state index in [1.165, 1.54) is 0 Å². The molecule has 2 amide bonds. The lowest BCUT2D eigenvalue weighted by Crippen LogP contribution is -2.46. The summed E-state index contributed by atoms with van der Waals surface area (Å²) in [6, 6.07) is 9.87. The molecule has 1 saturated carbocycles. The number of fused-ring (bicyclic) bond motifs is 1. The van der Waals surface area contributed by atoms with Crippen LogP contribution in [-0.2, 0) is 14.6 Å². The van der Waals surface area contributed by atoms with E-state index >= 15 is 0 Å². The topological polar surface area (TPSA) is 138 Å². The molecule has 2 aromatic heterocycles. The van der Waals surface area contributed by atoms with Gasteiger partial charge in [0.1, 0.15) is 17.5 Å². The number of hydrogen-bond donors (Lipinski definition) is 1. The minimum Gasteiger partial charge on any atom is -0.443 e. The van der Waals surface area contributed by atoms with E-state index in [9.17, 15) is 14.9 Å². The van der Waals surface area contributed by atoms with Crippen molar-refractivity contribution in [3.63, 3.8) is 0 Å². The van der Waals surface area contributed by atoms with Gasteiger partial charge in [0.05, 0.1) is 16.9 Å². The molecule has 0 radical (unpaired) electrons. The zero-order valence-corrected chi connectivity index (χ0v) is 32.6. The number of rotatable bonds is 9. The molecule has 0 spiro atoms. The molecule has 268 valence electrons. The summed E-state index contributed by atoms with van der Waals surface area (Å²) in [4.78, 5) is 39.4. The first-order chi connectivity index (χ1) is 23.1. The van der Waals surface area contributed by atoms with Gasteiger partial charge in [-0.05, 0) is 89.4 Å². The summed E-state index contributed by atoms with van der Waals surface area (Å²) in [7, 11) is -0.342. The maximum absolute atomic E-state index is 13.6. The number of nitrogens with one attached hydrogen (secondary N) is 1. The number of carbonyl (C=O) groups excluding carboxylic acids is 2. The van der Waals surface area contributed by atoms with Crippen LogP contribution in [0.1, 0.15) is 103 Å². The highest BCUT2D eigenvalue weighted by atomic mass is 28.4. The first-order valence-corrected chi connectivity index (χ1v) is 20.3. The monoisotopic (exact) mass is 700 g/mol. The van der Waals surface area contributed by atoms with Crippen molar-refractivity contribution >= 4 is 37.8 Å². The fourth-order valence-corrected chi connectivity index (χ4v) is 6.89. The zero-order chi connectivity index (χ0) is 37.0. The highest BCUT2D eigenvalue weighted by Gasteiger charge is 2.47. The van der Waals surface area contributed by atoms with Crippen molar-refractivity contribution in [3.05, 3.63) is 47.3 Å². The third kappa shape index (κ3) is 7.56. The predicted molar refractivity (Wildman–Crippen MR) is 197 cm³/mol. The number of amides is 2. The number of anilines is 3. The smallest absolute Gasteiger partial charge is 0.414 e. The summed E-state index contributed by atoms with van der Waals surface area (Å²) in [5.74, 6) is 0.796. The molecule has 0 saturated heterocycles. The maximum atomic E-state index is 13.6. The molecular formula is C37H52N8O4Si. The van der Waals surface area contributed by atoms with Crippen molar-refractivity contribution in [1.82, 2.24) is 24.6 Å². The molecule has 50 heavy (non-hydrogen) atoms. The van der Waals surface area contributed by atoms with E-state index in [0.717, 1.165) is 18.4 Å². The zero-order valence-electron chi connectivity index (χ0n) is 31.6. The quantitative estimate of drug-likeness (QED) is 0.222. The molecule has 1 aliphatic heterocycles. The highest BCUT2D eigenvalue weighted by molar-refractivity contribution is 6.74. The lowest BCUT2D eigenvalue weighted by molar-refractivity contribution is 0.0574. The van der Waals surface area contributed by atoms with E-state index < -0.39 is 25.4 Å². The maximum Gasteiger partial charge on any atom is 0.414 e. The van der Waals surface area contributed by atoms with Crippen LogP contribution in [0.3, 0.4) is 0 Å². The number of hydrogen-bond acceptors (Lipinski definition) is 9. The van der Waals surface area contributed by atoms with E-state index in [1.807, 2.05) is 47.7 Å². The minimum atomic E-state index is -2.16. The predicted octanol–water partition coefficient (Wildman–Crippen LogP) is 7.81. The average molecular weight is 701 g/mol. The molecule has 1 atom stereocenters. The van der Waals surface area contributed by atoms with Gasteiger partial charge in [0, 0.05) is 55.5 Å². The summed E-state index contributed by atoms with van der Waals surface area (Å²) in [5, 5.41) is 18.3. The van der Waals surface area contributed by atoms with E-state index in [4.69, 9.17) is 14.1 Å². The molecule has 0 unspecified atom stereocenters. The van der Waals surface area contributed by atoms with Crippen LogP contribution in [0.15, 0.2) is 30.5 Å². The second-order valence-electron chi connectivity index (χ2n) is 16.7. The van der Waals surface area contributed by atoms with Gasteiger partial charge in [0.25, 0.3) is 5.91 Å². The Labute approximate surface area is 297 Å². The summed E-state index contributed by atoms with van der Waals surface area (Å²) in [6.45, 7) is 23.2. The van der Waals surface area contributed by atoms with Gasteiger partial charge in [-0.2, -0.15) is 10.4 Å². The Kier molecular flexibility index (Phi) is 9.70. The van der Waals surface area contributed by atoms with Crippen LogP contribution >= 0.6 is 0 Å². The van der Waals surface area contributed by atoms with Gasteiger partial charge in [-0.25, -0.2) is 19.4 Å². The lowest BCUT2D eigenvalue weighted by atomic mass is 9.83.